The van der Waals surface area contributed by atoms with Crippen molar-refractivity contribution in [3.05, 3.63) is 64.6 Å². The summed E-state index contributed by atoms with van der Waals surface area (Å²) in [7, 11) is -1.86. The van der Waals surface area contributed by atoms with E-state index in [1.807, 2.05) is 24.3 Å². The van der Waals surface area contributed by atoms with Crippen molar-refractivity contribution in [1.29, 1.82) is 0 Å². The van der Waals surface area contributed by atoms with Crippen molar-refractivity contribution in [3.63, 3.8) is 0 Å². The van der Waals surface area contributed by atoms with Gasteiger partial charge in [0.15, 0.2) is 0 Å². The van der Waals surface area contributed by atoms with Gasteiger partial charge in [0.1, 0.15) is 0 Å². The molecule has 100 valence electrons. The van der Waals surface area contributed by atoms with Crippen LogP contribution < -0.4 is 0 Å². The Balaban J connectivity index is 2.26. The first-order valence-corrected chi connectivity index (χ1v) is 8.00. The summed E-state index contributed by atoms with van der Waals surface area (Å²) >= 11 is 3.43. The fourth-order valence-electron chi connectivity index (χ4n) is 1.72. The Morgan fingerprint density at radius 2 is 1.58 bits per heavy atom. The third kappa shape index (κ3) is 3.23. The molecule has 0 fully saturated rings. The summed E-state index contributed by atoms with van der Waals surface area (Å²) in [5.74, 6) is 0. The topological polar surface area (TPSA) is 37.4 Å². The van der Waals surface area contributed by atoms with Gasteiger partial charge in [-0.1, -0.05) is 52.3 Å². The van der Waals surface area contributed by atoms with E-state index in [1.165, 1.54) is 4.31 Å². The van der Waals surface area contributed by atoms with E-state index in [9.17, 15) is 8.42 Å². The van der Waals surface area contributed by atoms with Crippen LogP contribution in [0.25, 0.3) is 0 Å². The van der Waals surface area contributed by atoms with E-state index in [0.29, 0.717) is 11.4 Å². The molecule has 0 radical (unpaired) electrons. The summed E-state index contributed by atoms with van der Waals surface area (Å²) < 4.78 is 27.0. The highest BCUT2D eigenvalue weighted by molar-refractivity contribution is 9.10. The highest BCUT2D eigenvalue weighted by Gasteiger charge is 2.20. The van der Waals surface area contributed by atoms with E-state index in [4.69, 9.17) is 0 Å². The monoisotopic (exact) mass is 339 g/mol. The minimum absolute atomic E-state index is 0.310. The van der Waals surface area contributed by atoms with Crippen LogP contribution in [-0.4, -0.2) is 19.8 Å². The zero-order chi connectivity index (χ0) is 13.9. The Bertz CT molecular complexity index is 656. The lowest BCUT2D eigenvalue weighted by Crippen LogP contribution is -2.26. The Morgan fingerprint density at radius 1 is 1.00 bits per heavy atom. The summed E-state index contributed by atoms with van der Waals surface area (Å²) in [5, 5.41) is 0. The fraction of sp³-hybridized carbons (Fsp3) is 0.143. The van der Waals surface area contributed by atoms with Gasteiger partial charge in [-0.2, -0.15) is 4.31 Å². The van der Waals surface area contributed by atoms with E-state index in [-0.39, 0.29) is 0 Å². The number of halogens is 1. The fourth-order valence-corrected chi connectivity index (χ4v) is 3.30. The molecule has 0 bridgehead atoms. The van der Waals surface area contributed by atoms with E-state index in [1.54, 1.807) is 37.4 Å². The quantitative estimate of drug-likeness (QED) is 0.857. The summed E-state index contributed by atoms with van der Waals surface area (Å²) in [5.41, 5.74) is 0.935. The molecule has 0 heterocycles. The molecule has 0 unspecified atom stereocenters. The zero-order valence-corrected chi connectivity index (χ0v) is 12.9. The second-order valence-electron chi connectivity index (χ2n) is 4.17. The van der Waals surface area contributed by atoms with E-state index < -0.39 is 10.0 Å². The normalized spacial score (nSPS) is 11.7. The van der Waals surface area contributed by atoms with Crippen LogP contribution in [0.2, 0.25) is 0 Å². The van der Waals surface area contributed by atoms with Crippen molar-refractivity contribution >= 4 is 26.0 Å². The lowest BCUT2D eigenvalue weighted by molar-refractivity contribution is 0.466. The molecular formula is C14H14BrNO2S. The molecule has 2 rings (SSSR count). The van der Waals surface area contributed by atoms with Gasteiger partial charge in [0.25, 0.3) is 0 Å². The predicted molar refractivity (Wildman–Crippen MR) is 79.2 cm³/mol. The van der Waals surface area contributed by atoms with Gasteiger partial charge in [-0.05, 0) is 23.8 Å². The largest absolute Gasteiger partial charge is 0.243 e. The first-order valence-electron chi connectivity index (χ1n) is 5.76. The Morgan fingerprint density at radius 3 is 2.21 bits per heavy atom. The molecule has 0 aliphatic carbocycles. The van der Waals surface area contributed by atoms with Gasteiger partial charge in [-0.15, -0.1) is 0 Å². The third-order valence-corrected chi connectivity index (χ3v) is 5.39. The highest BCUT2D eigenvalue weighted by Crippen LogP contribution is 2.21. The first-order chi connectivity index (χ1) is 9.01. The van der Waals surface area contributed by atoms with Crippen LogP contribution in [-0.2, 0) is 16.6 Å². The molecule has 0 aromatic heterocycles. The van der Waals surface area contributed by atoms with Gasteiger partial charge in [-0.25, -0.2) is 8.42 Å². The average molecular weight is 340 g/mol. The van der Waals surface area contributed by atoms with Crippen molar-refractivity contribution in [2.75, 3.05) is 7.05 Å². The summed E-state index contributed by atoms with van der Waals surface area (Å²) in [6.45, 7) is 0.332. The molecule has 2 aromatic rings. The standard InChI is InChI=1S/C14H14BrNO2S/c1-16(11-12-7-5-6-10-14(12)15)19(17,18)13-8-3-2-4-9-13/h2-10H,11H2,1H3. The van der Waals surface area contributed by atoms with Gasteiger partial charge < -0.3 is 0 Å². The predicted octanol–water partition coefficient (Wildman–Crippen LogP) is 3.27. The highest BCUT2D eigenvalue weighted by atomic mass is 79.9. The second kappa shape index (κ2) is 5.86. The minimum Gasteiger partial charge on any atom is -0.207 e. The number of hydrogen-bond acceptors (Lipinski definition) is 2. The third-order valence-electron chi connectivity index (χ3n) is 2.80. The van der Waals surface area contributed by atoms with Crippen LogP contribution in [0.5, 0.6) is 0 Å². The molecule has 5 heteroatoms. The molecule has 0 saturated carbocycles. The maximum Gasteiger partial charge on any atom is 0.243 e. The molecule has 0 saturated heterocycles. The van der Waals surface area contributed by atoms with Gasteiger partial charge in [-0.3, -0.25) is 0 Å². The average Bonchev–Trinajstić information content (AvgIpc) is 2.42. The molecule has 0 aliphatic rings. The summed E-state index contributed by atoms with van der Waals surface area (Å²) in [6, 6.07) is 16.0. The molecule has 0 aliphatic heterocycles. The molecular weight excluding hydrogens is 326 g/mol. The molecule has 19 heavy (non-hydrogen) atoms. The van der Waals surface area contributed by atoms with Gasteiger partial charge in [0.05, 0.1) is 4.90 Å². The zero-order valence-electron chi connectivity index (χ0n) is 10.5. The van der Waals surface area contributed by atoms with Crippen LogP contribution in [0.15, 0.2) is 64.0 Å². The summed E-state index contributed by atoms with van der Waals surface area (Å²) in [6.07, 6.45) is 0. The number of rotatable bonds is 4. The van der Waals surface area contributed by atoms with Crippen LogP contribution in [0, 0.1) is 0 Å². The molecule has 0 spiro atoms. The van der Waals surface area contributed by atoms with Gasteiger partial charge in [0, 0.05) is 18.1 Å². The lowest BCUT2D eigenvalue weighted by Gasteiger charge is -2.18. The second-order valence-corrected chi connectivity index (χ2v) is 7.06. The van der Waals surface area contributed by atoms with E-state index >= 15 is 0 Å². The molecule has 3 nitrogen and oxygen atoms in total. The molecule has 0 amide bonds. The van der Waals surface area contributed by atoms with Crippen LogP contribution in [0.3, 0.4) is 0 Å². The van der Waals surface area contributed by atoms with Crippen molar-refractivity contribution in [2.24, 2.45) is 0 Å². The Labute approximate surface area is 122 Å². The van der Waals surface area contributed by atoms with E-state index in [0.717, 1.165) is 10.0 Å². The smallest absolute Gasteiger partial charge is 0.207 e. The van der Waals surface area contributed by atoms with Gasteiger partial charge in [0.2, 0.25) is 10.0 Å². The molecule has 0 N–H and O–H groups in total. The van der Waals surface area contributed by atoms with Crippen LogP contribution in [0.4, 0.5) is 0 Å². The van der Waals surface area contributed by atoms with Gasteiger partial charge >= 0.3 is 0 Å². The number of benzene rings is 2. The molecule has 0 atom stereocenters. The van der Waals surface area contributed by atoms with E-state index in [2.05, 4.69) is 15.9 Å². The number of nitrogens with zero attached hydrogens (tertiary/aromatic N) is 1. The first kappa shape index (κ1) is 14.2. The SMILES string of the molecule is CN(Cc1ccccc1Br)S(=O)(=O)c1ccccc1. The van der Waals surface area contributed by atoms with Crippen molar-refractivity contribution in [2.45, 2.75) is 11.4 Å². The Kier molecular flexibility index (Phi) is 4.39. The number of hydrogen-bond donors (Lipinski definition) is 0. The van der Waals surface area contributed by atoms with Crippen molar-refractivity contribution < 1.29 is 8.42 Å². The van der Waals surface area contributed by atoms with Crippen LogP contribution >= 0.6 is 15.9 Å². The maximum atomic E-state index is 12.4. The Hall–Kier alpha value is -1.17. The summed E-state index contributed by atoms with van der Waals surface area (Å²) in [4.78, 5) is 0.310. The van der Waals surface area contributed by atoms with Crippen molar-refractivity contribution in [1.82, 2.24) is 4.31 Å². The minimum atomic E-state index is -3.44. The molecule has 2 aromatic carbocycles. The van der Waals surface area contributed by atoms with Crippen molar-refractivity contribution in [3.8, 4) is 0 Å². The maximum absolute atomic E-state index is 12.4. The lowest BCUT2D eigenvalue weighted by atomic mass is 10.2. The van der Waals surface area contributed by atoms with Crippen LogP contribution in [0.1, 0.15) is 5.56 Å². The number of sulfonamides is 1.